The van der Waals surface area contributed by atoms with E-state index in [1.165, 1.54) is 0 Å². The van der Waals surface area contributed by atoms with Crippen molar-refractivity contribution in [1.82, 2.24) is 24.6 Å². The molecular weight excluding hydrogens is 414 g/mol. The van der Waals surface area contributed by atoms with Gasteiger partial charge in [-0.2, -0.15) is 5.10 Å². The minimum Gasteiger partial charge on any atom is -0.463 e. The van der Waals surface area contributed by atoms with Crippen LogP contribution in [-0.4, -0.2) is 45.9 Å². The SMILES string of the molecule is CS(=O)(=O)c1ncc2c(n1)CCN(Cc1cn(-c3ccccc3)nc1-c1ccco1)C2. The van der Waals surface area contributed by atoms with Crippen molar-refractivity contribution in [1.29, 1.82) is 0 Å². The second-order valence-corrected chi connectivity index (χ2v) is 9.53. The predicted octanol–water partition coefficient (Wildman–Crippen LogP) is 2.88. The van der Waals surface area contributed by atoms with Crippen molar-refractivity contribution in [2.24, 2.45) is 0 Å². The number of sulfone groups is 1. The maximum absolute atomic E-state index is 11.7. The number of hydrogen-bond donors (Lipinski definition) is 0. The Bertz CT molecular complexity index is 1310. The summed E-state index contributed by atoms with van der Waals surface area (Å²) in [5.41, 5.74) is 4.60. The van der Waals surface area contributed by atoms with Crippen LogP contribution in [0, 0.1) is 0 Å². The van der Waals surface area contributed by atoms with Crippen molar-refractivity contribution in [2.45, 2.75) is 24.7 Å². The summed E-state index contributed by atoms with van der Waals surface area (Å²) < 4.78 is 31.0. The molecule has 4 aromatic rings. The van der Waals surface area contributed by atoms with Gasteiger partial charge in [-0.15, -0.1) is 0 Å². The highest BCUT2D eigenvalue weighted by molar-refractivity contribution is 7.90. The Morgan fingerprint density at radius 1 is 1.13 bits per heavy atom. The van der Waals surface area contributed by atoms with Crippen LogP contribution in [0.1, 0.15) is 16.8 Å². The van der Waals surface area contributed by atoms with Gasteiger partial charge in [-0.25, -0.2) is 23.1 Å². The molecule has 0 saturated carbocycles. The Morgan fingerprint density at radius 2 is 1.97 bits per heavy atom. The average Bonchev–Trinajstić information content (AvgIpc) is 3.43. The monoisotopic (exact) mass is 435 g/mol. The van der Waals surface area contributed by atoms with Crippen molar-refractivity contribution in [3.63, 3.8) is 0 Å². The minimum absolute atomic E-state index is 0.107. The van der Waals surface area contributed by atoms with Gasteiger partial charge >= 0.3 is 0 Å². The van der Waals surface area contributed by atoms with E-state index in [4.69, 9.17) is 9.52 Å². The van der Waals surface area contributed by atoms with Crippen LogP contribution in [0.2, 0.25) is 0 Å². The van der Waals surface area contributed by atoms with Crippen LogP contribution >= 0.6 is 0 Å². The highest BCUT2D eigenvalue weighted by Gasteiger charge is 2.23. The van der Waals surface area contributed by atoms with Crippen LogP contribution in [0.3, 0.4) is 0 Å². The van der Waals surface area contributed by atoms with Crippen LogP contribution in [0.4, 0.5) is 0 Å². The number of furan rings is 1. The summed E-state index contributed by atoms with van der Waals surface area (Å²) in [7, 11) is -3.41. The molecule has 0 amide bonds. The maximum Gasteiger partial charge on any atom is 0.246 e. The van der Waals surface area contributed by atoms with Crippen molar-refractivity contribution < 1.29 is 12.8 Å². The Morgan fingerprint density at radius 3 is 2.71 bits per heavy atom. The first kappa shape index (κ1) is 19.7. The quantitative estimate of drug-likeness (QED) is 0.445. The van der Waals surface area contributed by atoms with E-state index in [-0.39, 0.29) is 5.16 Å². The zero-order valence-corrected chi connectivity index (χ0v) is 17.8. The van der Waals surface area contributed by atoms with Crippen LogP contribution in [0.5, 0.6) is 0 Å². The lowest BCUT2D eigenvalue weighted by atomic mass is 10.1. The number of benzene rings is 1. The van der Waals surface area contributed by atoms with E-state index in [2.05, 4.69) is 14.9 Å². The molecular formula is C22H21N5O3S. The molecule has 1 aliphatic rings. The highest BCUT2D eigenvalue weighted by Crippen LogP contribution is 2.27. The molecule has 0 unspecified atom stereocenters. The van der Waals surface area contributed by atoms with Gasteiger partial charge in [0.15, 0.2) is 5.76 Å². The Labute approximate surface area is 180 Å². The van der Waals surface area contributed by atoms with Gasteiger partial charge in [-0.05, 0) is 24.3 Å². The van der Waals surface area contributed by atoms with Gasteiger partial charge in [0.05, 0.1) is 17.6 Å². The fourth-order valence-electron chi connectivity index (χ4n) is 3.77. The van der Waals surface area contributed by atoms with E-state index in [9.17, 15) is 8.42 Å². The van der Waals surface area contributed by atoms with E-state index < -0.39 is 9.84 Å². The molecule has 0 atom stereocenters. The topological polar surface area (TPSA) is 94.1 Å². The first-order valence-electron chi connectivity index (χ1n) is 9.92. The van der Waals surface area contributed by atoms with Crippen LogP contribution in [0.15, 0.2) is 70.7 Å². The number of para-hydroxylation sites is 1. The third-order valence-electron chi connectivity index (χ3n) is 5.28. The van der Waals surface area contributed by atoms with Gasteiger partial charge in [0, 0.05) is 55.8 Å². The standard InChI is InChI=1S/C22H21N5O3S/c1-31(28,29)22-23-12-16-13-26(10-9-19(16)24-22)14-17-15-27(18-6-3-2-4-7-18)25-21(17)20-8-5-11-30-20/h2-8,11-12,15H,9-10,13-14H2,1H3. The van der Waals surface area contributed by atoms with Crippen LogP contribution in [-0.2, 0) is 29.3 Å². The summed E-state index contributed by atoms with van der Waals surface area (Å²) in [5, 5.41) is 4.67. The lowest BCUT2D eigenvalue weighted by molar-refractivity contribution is 0.242. The van der Waals surface area contributed by atoms with Gasteiger partial charge in [0.1, 0.15) is 5.69 Å². The second kappa shape index (κ2) is 7.75. The number of nitrogens with zero attached hydrogens (tertiary/aromatic N) is 5. The largest absolute Gasteiger partial charge is 0.463 e. The lowest BCUT2D eigenvalue weighted by Gasteiger charge is -2.27. The fraction of sp³-hybridized carbons (Fsp3) is 0.227. The zero-order valence-electron chi connectivity index (χ0n) is 17.0. The molecule has 9 heteroatoms. The van der Waals surface area contributed by atoms with Gasteiger partial charge in [0.2, 0.25) is 15.0 Å². The molecule has 0 bridgehead atoms. The summed E-state index contributed by atoms with van der Waals surface area (Å²) in [6, 6.07) is 13.7. The van der Waals surface area contributed by atoms with Crippen molar-refractivity contribution in [3.8, 4) is 17.1 Å². The normalized spacial score (nSPS) is 14.5. The number of rotatable bonds is 5. The zero-order chi connectivity index (χ0) is 21.4. The van der Waals surface area contributed by atoms with Crippen LogP contribution in [0.25, 0.3) is 17.1 Å². The highest BCUT2D eigenvalue weighted by atomic mass is 32.2. The van der Waals surface area contributed by atoms with E-state index >= 15 is 0 Å². The molecule has 1 aromatic carbocycles. The van der Waals surface area contributed by atoms with E-state index in [1.807, 2.05) is 53.3 Å². The molecule has 4 heterocycles. The Kier molecular flexibility index (Phi) is 4.91. The Hall–Kier alpha value is -3.30. The molecule has 0 radical (unpaired) electrons. The molecule has 0 spiro atoms. The van der Waals surface area contributed by atoms with Gasteiger partial charge in [-0.1, -0.05) is 18.2 Å². The molecule has 8 nitrogen and oxygen atoms in total. The van der Waals surface area contributed by atoms with Crippen molar-refractivity contribution in [2.75, 3.05) is 12.8 Å². The molecule has 1 aliphatic heterocycles. The lowest BCUT2D eigenvalue weighted by Crippen LogP contribution is -2.31. The molecule has 3 aromatic heterocycles. The predicted molar refractivity (Wildman–Crippen MR) is 114 cm³/mol. The van der Waals surface area contributed by atoms with Gasteiger partial charge in [-0.3, -0.25) is 4.90 Å². The van der Waals surface area contributed by atoms with Gasteiger partial charge in [0.25, 0.3) is 0 Å². The number of fused-ring (bicyclic) bond motifs is 1. The summed E-state index contributed by atoms with van der Waals surface area (Å²) in [5.74, 6) is 0.725. The van der Waals surface area contributed by atoms with Crippen molar-refractivity contribution >= 4 is 9.84 Å². The molecule has 158 valence electrons. The number of hydrogen-bond acceptors (Lipinski definition) is 7. The van der Waals surface area contributed by atoms with E-state index in [0.29, 0.717) is 19.5 Å². The van der Waals surface area contributed by atoms with Gasteiger partial charge < -0.3 is 4.42 Å². The fourth-order valence-corrected chi connectivity index (χ4v) is 4.29. The molecule has 0 fully saturated rings. The van der Waals surface area contributed by atoms with Crippen LogP contribution < -0.4 is 0 Å². The minimum atomic E-state index is -3.41. The third-order valence-corrected chi connectivity index (χ3v) is 6.14. The first-order chi connectivity index (χ1) is 15.0. The summed E-state index contributed by atoms with van der Waals surface area (Å²) in [6.45, 7) is 2.09. The molecule has 5 rings (SSSR count). The summed E-state index contributed by atoms with van der Waals surface area (Å²) in [4.78, 5) is 10.6. The van der Waals surface area contributed by atoms with E-state index in [1.54, 1.807) is 12.5 Å². The maximum atomic E-state index is 11.7. The molecule has 0 aliphatic carbocycles. The van der Waals surface area contributed by atoms with E-state index in [0.717, 1.165) is 46.8 Å². The third kappa shape index (κ3) is 4.01. The number of aromatic nitrogens is 4. The molecule has 0 saturated heterocycles. The second-order valence-electron chi connectivity index (χ2n) is 7.62. The molecule has 31 heavy (non-hydrogen) atoms. The molecule has 0 N–H and O–H groups in total. The smallest absolute Gasteiger partial charge is 0.246 e. The first-order valence-corrected chi connectivity index (χ1v) is 11.8. The average molecular weight is 436 g/mol. The summed E-state index contributed by atoms with van der Waals surface area (Å²) in [6.07, 6.45) is 7.11. The summed E-state index contributed by atoms with van der Waals surface area (Å²) >= 11 is 0. The van der Waals surface area contributed by atoms with Crippen molar-refractivity contribution in [3.05, 3.63) is 77.9 Å². The Balaban J connectivity index is 1.43.